The lowest BCUT2D eigenvalue weighted by molar-refractivity contribution is 0.0920. The van der Waals surface area contributed by atoms with Crippen molar-refractivity contribution < 1.29 is 14.6 Å². The third-order valence-corrected chi connectivity index (χ3v) is 3.83. The van der Waals surface area contributed by atoms with E-state index in [2.05, 4.69) is 38.0 Å². The molecule has 1 saturated heterocycles. The van der Waals surface area contributed by atoms with E-state index in [-0.39, 0.29) is 23.9 Å². The monoisotopic (exact) mass is 296 g/mol. The van der Waals surface area contributed by atoms with Gasteiger partial charge in [-0.05, 0) is 53.0 Å². The van der Waals surface area contributed by atoms with Gasteiger partial charge in [0.25, 0.3) is 0 Å². The second-order valence-electron chi connectivity index (χ2n) is 7.30. The summed E-state index contributed by atoms with van der Waals surface area (Å²) >= 11 is 0. The van der Waals surface area contributed by atoms with Crippen LogP contribution >= 0.6 is 0 Å². The Bertz CT molecular complexity index is 452. The van der Waals surface area contributed by atoms with Gasteiger partial charge in [0, 0.05) is 11.1 Å². The minimum absolute atomic E-state index is 0.0303. The van der Waals surface area contributed by atoms with Crippen molar-refractivity contribution in [2.45, 2.75) is 64.8 Å². The van der Waals surface area contributed by atoms with E-state index < -0.39 is 0 Å². The molecule has 0 aliphatic carbocycles. The SMILES string of the molecule is C/C(CO)=C(\CCC1NC(C)(C)CO1)C1=NC(C)(C)CO1. The molecule has 2 aliphatic rings. The van der Waals surface area contributed by atoms with Crippen molar-refractivity contribution in [3.05, 3.63) is 11.1 Å². The molecule has 0 saturated carbocycles. The fourth-order valence-electron chi connectivity index (χ4n) is 2.60. The molecule has 1 fully saturated rings. The maximum Gasteiger partial charge on any atom is 0.212 e. The first-order valence-corrected chi connectivity index (χ1v) is 7.64. The minimum Gasteiger partial charge on any atom is -0.475 e. The van der Waals surface area contributed by atoms with Crippen LogP contribution in [0.25, 0.3) is 0 Å². The first kappa shape index (κ1) is 16.5. The normalized spacial score (nSPS) is 28.1. The van der Waals surface area contributed by atoms with E-state index in [1.807, 2.05) is 6.92 Å². The van der Waals surface area contributed by atoms with Crippen LogP contribution in [0.3, 0.4) is 0 Å². The molecule has 1 unspecified atom stereocenters. The van der Waals surface area contributed by atoms with Crippen LogP contribution in [-0.2, 0) is 9.47 Å². The van der Waals surface area contributed by atoms with Crippen molar-refractivity contribution in [2.75, 3.05) is 19.8 Å². The quantitative estimate of drug-likeness (QED) is 0.814. The molecule has 2 rings (SSSR count). The summed E-state index contributed by atoms with van der Waals surface area (Å²) in [4.78, 5) is 4.63. The Morgan fingerprint density at radius 1 is 1.33 bits per heavy atom. The second kappa shape index (κ2) is 6.07. The highest BCUT2D eigenvalue weighted by atomic mass is 16.5. The van der Waals surface area contributed by atoms with Crippen LogP contribution in [-0.4, -0.2) is 48.1 Å². The standard InChI is InChI=1S/C16H28N2O3/c1-11(8-19)12(14-18-16(4,5)10-21-14)6-7-13-17-15(2,3)9-20-13/h13,17,19H,6-10H2,1-5H3/b12-11-. The Balaban J connectivity index is 2.03. The Labute approximate surface area is 127 Å². The zero-order valence-electron chi connectivity index (χ0n) is 13.8. The van der Waals surface area contributed by atoms with E-state index in [9.17, 15) is 5.11 Å². The molecule has 21 heavy (non-hydrogen) atoms. The first-order valence-electron chi connectivity index (χ1n) is 7.64. The third kappa shape index (κ3) is 4.28. The fraction of sp³-hybridized carbons (Fsp3) is 0.812. The number of aliphatic hydroxyl groups is 1. The predicted octanol–water partition coefficient (Wildman–Crippen LogP) is 2.01. The smallest absolute Gasteiger partial charge is 0.212 e. The summed E-state index contributed by atoms with van der Waals surface area (Å²) < 4.78 is 11.5. The fourth-order valence-corrected chi connectivity index (χ4v) is 2.60. The van der Waals surface area contributed by atoms with Crippen molar-refractivity contribution in [3.63, 3.8) is 0 Å². The number of aliphatic hydroxyl groups excluding tert-OH is 1. The minimum atomic E-state index is -0.180. The lowest BCUT2D eigenvalue weighted by Gasteiger charge is -2.18. The highest BCUT2D eigenvalue weighted by Crippen LogP contribution is 2.26. The van der Waals surface area contributed by atoms with E-state index in [4.69, 9.17) is 9.47 Å². The van der Waals surface area contributed by atoms with E-state index in [1.54, 1.807) is 0 Å². The van der Waals surface area contributed by atoms with Gasteiger partial charge in [-0.2, -0.15) is 0 Å². The molecule has 0 amide bonds. The van der Waals surface area contributed by atoms with Crippen LogP contribution < -0.4 is 5.32 Å². The molecule has 5 nitrogen and oxygen atoms in total. The van der Waals surface area contributed by atoms with Gasteiger partial charge in [-0.25, -0.2) is 4.99 Å². The molecule has 2 heterocycles. The first-order chi connectivity index (χ1) is 9.72. The molecule has 1 atom stereocenters. The van der Waals surface area contributed by atoms with Gasteiger partial charge in [0.2, 0.25) is 5.90 Å². The highest BCUT2D eigenvalue weighted by molar-refractivity contribution is 5.95. The van der Waals surface area contributed by atoms with Gasteiger partial charge >= 0.3 is 0 Å². The molecule has 0 aromatic carbocycles. The summed E-state index contributed by atoms with van der Waals surface area (Å²) in [6.45, 7) is 11.6. The lowest BCUT2D eigenvalue weighted by atomic mass is 10.0. The average Bonchev–Trinajstić information content (AvgIpc) is 2.92. The molecule has 0 bridgehead atoms. The molecule has 2 N–H and O–H groups in total. The van der Waals surface area contributed by atoms with E-state index in [0.29, 0.717) is 12.5 Å². The van der Waals surface area contributed by atoms with E-state index >= 15 is 0 Å². The van der Waals surface area contributed by atoms with Crippen molar-refractivity contribution in [2.24, 2.45) is 4.99 Å². The molecule has 5 heteroatoms. The van der Waals surface area contributed by atoms with Crippen LogP contribution in [0, 0.1) is 0 Å². The van der Waals surface area contributed by atoms with Gasteiger partial charge in [-0.1, -0.05) is 0 Å². The van der Waals surface area contributed by atoms with Crippen molar-refractivity contribution in [1.29, 1.82) is 0 Å². The van der Waals surface area contributed by atoms with Gasteiger partial charge in [0.15, 0.2) is 0 Å². The molecule has 0 aromatic rings. The summed E-state index contributed by atoms with van der Waals surface area (Å²) in [5, 5.41) is 12.9. The number of ether oxygens (including phenoxy) is 2. The Morgan fingerprint density at radius 2 is 2.05 bits per heavy atom. The predicted molar refractivity (Wildman–Crippen MR) is 83.4 cm³/mol. The van der Waals surface area contributed by atoms with Crippen molar-refractivity contribution in [3.8, 4) is 0 Å². The summed E-state index contributed by atoms with van der Waals surface area (Å²) in [5.74, 6) is 0.684. The Morgan fingerprint density at radius 3 is 2.52 bits per heavy atom. The Kier molecular flexibility index (Phi) is 4.76. The lowest BCUT2D eigenvalue weighted by Crippen LogP contribution is -2.39. The number of hydrogen-bond acceptors (Lipinski definition) is 5. The van der Waals surface area contributed by atoms with E-state index in [1.165, 1.54) is 0 Å². The van der Waals surface area contributed by atoms with Crippen LogP contribution in [0.4, 0.5) is 0 Å². The van der Waals surface area contributed by atoms with Crippen molar-refractivity contribution in [1.82, 2.24) is 5.32 Å². The zero-order valence-corrected chi connectivity index (χ0v) is 13.8. The van der Waals surface area contributed by atoms with Gasteiger partial charge in [0.05, 0.1) is 18.8 Å². The number of aliphatic imine (C=N–C) groups is 1. The number of hydrogen-bond donors (Lipinski definition) is 2. The molecular weight excluding hydrogens is 268 g/mol. The van der Waals surface area contributed by atoms with Crippen LogP contribution in [0.15, 0.2) is 16.1 Å². The molecule has 0 aromatic heterocycles. The van der Waals surface area contributed by atoms with E-state index in [0.717, 1.165) is 30.6 Å². The second-order valence-corrected chi connectivity index (χ2v) is 7.30. The zero-order chi connectivity index (χ0) is 15.7. The van der Waals surface area contributed by atoms with Crippen molar-refractivity contribution >= 4 is 5.90 Å². The van der Waals surface area contributed by atoms with Gasteiger partial charge in [-0.15, -0.1) is 0 Å². The molecule has 2 aliphatic heterocycles. The summed E-state index contributed by atoms with van der Waals surface area (Å²) in [7, 11) is 0. The third-order valence-electron chi connectivity index (χ3n) is 3.83. The summed E-state index contributed by atoms with van der Waals surface area (Å²) in [6, 6.07) is 0. The maximum absolute atomic E-state index is 9.46. The topological polar surface area (TPSA) is 63.1 Å². The molecular formula is C16H28N2O3. The van der Waals surface area contributed by atoms with Gasteiger partial charge in [-0.3, -0.25) is 5.32 Å². The molecule has 120 valence electrons. The highest BCUT2D eigenvalue weighted by Gasteiger charge is 2.32. The number of nitrogens with one attached hydrogen (secondary N) is 1. The van der Waals surface area contributed by atoms with Gasteiger partial charge in [0.1, 0.15) is 12.8 Å². The summed E-state index contributed by atoms with van der Waals surface area (Å²) in [6.07, 6.45) is 1.69. The number of rotatable bonds is 5. The molecule has 0 spiro atoms. The molecule has 0 radical (unpaired) electrons. The van der Waals surface area contributed by atoms with Crippen LogP contribution in [0.5, 0.6) is 0 Å². The largest absolute Gasteiger partial charge is 0.475 e. The summed E-state index contributed by atoms with van der Waals surface area (Å²) in [5.41, 5.74) is 1.78. The van der Waals surface area contributed by atoms with Gasteiger partial charge < -0.3 is 14.6 Å². The number of nitrogens with zero attached hydrogens (tertiary/aromatic N) is 1. The average molecular weight is 296 g/mol. The van der Waals surface area contributed by atoms with Crippen LogP contribution in [0.1, 0.15) is 47.5 Å². The maximum atomic E-state index is 9.46. The van der Waals surface area contributed by atoms with Crippen LogP contribution in [0.2, 0.25) is 0 Å². The Hall–Kier alpha value is -0.910.